The fraction of sp³-hybridized carbons (Fsp3) is 0.688. The first-order valence-electron chi connectivity index (χ1n) is 8.19. The molecule has 2 N–H and O–H groups in total. The number of guanidine groups is 1. The minimum atomic E-state index is 0.345. The van der Waals surface area contributed by atoms with E-state index in [4.69, 9.17) is 4.74 Å². The standard InChI is InChI=1S/C16H26N4OS/c1-17-16(19-11-14-3-2-9-21-14)18-6-8-20-7-4-15-13(12-20)5-10-22-15/h5,10,14H,2-4,6-9,11-12H2,1H3,(H2,17,18,19). The first kappa shape index (κ1) is 15.8. The molecule has 0 amide bonds. The summed E-state index contributed by atoms with van der Waals surface area (Å²) < 4.78 is 5.62. The fourth-order valence-electron chi connectivity index (χ4n) is 3.07. The summed E-state index contributed by atoms with van der Waals surface area (Å²) in [7, 11) is 1.82. The van der Waals surface area contributed by atoms with Gasteiger partial charge >= 0.3 is 0 Å². The number of fused-ring (bicyclic) bond motifs is 1. The van der Waals surface area contributed by atoms with Gasteiger partial charge in [0.2, 0.25) is 0 Å². The monoisotopic (exact) mass is 322 g/mol. The Balaban J connectivity index is 1.35. The molecular formula is C16H26N4OS. The lowest BCUT2D eigenvalue weighted by molar-refractivity contribution is 0.113. The molecule has 2 aliphatic rings. The average molecular weight is 322 g/mol. The van der Waals surface area contributed by atoms with E-state index in [2.05, 4.69) is 32.0 Å². The van der Waals surface area contributed by atoms with E-state index < -0.39 is 0 Å². The number of nitrogens with one attached hydrogen (secondary N) is 2. The van der Waals surface area contributed by atoms with Gasteiger partial charge in [0.1, 0.15) is 0 Å². The summed E-state index contributed by atoms with van der Waals surface area (Å²) in [6.07, 6.45) is 3.87. The summed E-state index contributed by atoms with van der Waals surface area (Å²) in [6, 6.07) is 2.27. The number of hydrogen-bond acceptors (Lipinski definition) is 4. The summed E-state index contributed by atoms with van der Waals surface area (Å²) in [5.41, 5.74) is 1.51. The summed E-state index contributed by atoms with van der Waals surface area (Å²) in [6.45, 7) is 5.97. The number of aliphatic imine (C=N–C) groups is 1. The van der Waals surface area contributed by atoms with Crippen LogP contribution in [0.1, 0.15) is 23.3 Å². The smallest absolute Gasteiger partial charge is 0.191 e. The van der Waals surface area contributed by atoms with Gasteiger partial charge in [-0.15, -0.1) is 11.3 Å². The van der Waals surface area contributed by atoms with E-state index in [9.17, 15) is 0 Å². The number of hydrogen-bond donors (Lipinski definition) is 2. The van der Waals surface area contributed by atoms with Gasteiger partial charge in [0.25, 0.3) is 0 Å². The highest BCUT2D eigenvalue weighted by molar-refractivity contribution is 7.10. The van der Waals surface area contributed by atoms with Crippen molar-refractivity contribution in [2.75, 3.05) is 39.8 Å². The molecule has 1 unspecified atom stereocenters. The van der Waals surface area contributed by atoms with Gasteiger partial charge in [-0.1, -0.05) is 0 Å². The van der Waals surface area contributed by atoms with Crippen LogP contribution < -0.4 is 10.6 Å². The second kappa shape index (κ2) is 7.94. The summed E-state index contributed by atoms with van der Waals surface area (Å²) in [4.78, 5) is 8.36. The van der Waals surface area contributed by atoms with Crippen molar-refractivity contribution in [3.8, 4) is 0 Å². The Hall–Kier alpha value is -1.11. The molecule has 1 atom stereocenters. The average Bonchev–Trinajstić information content (AvgIpc) is 3.21. The molecule has 1 saturated heterocycles. The summed E-state index contributed by atoms with van der Waals surface area (Å²) >= 11 is 1.90. The highest BCUT2D eigenvalue weighted by atomic mass is 32.1. The van der Waals surface area contributed by atoms with Gasteiger partial charge in [0.15, 0.2) is 5.96 Å². The molecule has 5 nitrogen and oxygen atoms in total. The number of thiophene rings is 1. The van der Waals surface area contributed by atoms with Crippen LogP contribution in [0.15, 0.2) is 16.4 Å². The third kappa shape index (κ3) is 4.21. The first-order chi connectivity index (χ1) is 10.8. The molecule has 122 valence electrons. The Morgan fingerprint density at radius 2 is 2.45 bits per heavy atom. The first-order valence-corrected chi connectivity index (χ1v) is 9.07. The number of nitrogens with zero attached hydrogens (tertiary/aromatic N) is 2. The molecule has 1 aromatic heterocycles. The molecule has 0 aromatic carbocycles. The number of rotatable bonds is 5. The molecule has 0 aliphatic carbocycles. The van der Waals surface area contributed by atoms with Gasteiger partial charge in [0.05, 0.1) is 6.10 Å². The van der Waals surface area contributed by atoms with Crippen LogP contribution >= 0.6 is 11.3 Å². The highest BCUT2D eigenvalue weighted by Crippen LogP contribution is 2.23. The van der Waals surface area contributed by atoms with Crippen molar-refractivity contribution in [3.05, 3.63) is 21.9 Å². The van der Waals surface area contributed by atoms with Crippen LogP contribution in [0.2, 0.25) is 0 Å². The van der Waals surface area contributed by atoms with Crippen molar-refractivity contribution in [1.82, 2.24) is 15.5 Å². The van der Waals surface area contributed by atoms with E-state index >= 15 is 0 Å². The second-order valence-electron chi connectivity index (χ2n) is 5.91. The predicted octanol–water partition coefficient (Wildman–Crippen LogP) is 1.45. The molecule has 2 aliphatic heterocycles. The lowest BCUT2D eigenvalue weighted by atomic mass is 10.1. The van der Waals surface area contributed by atoms with E-state index in [1.165, 1.54) is 18.4 Å². The van der Waals surface area contributed by atoms with Crippen LogP contribution in [-0.4, -0.2) is 56.8 Å². The Morgan fingerprint density at radius 3 is 3.27 bits per heavy atom. The zero-order chi connectivity index (χ0) is 15.2. The fourth-order valence-corrected chi connectivity index (χ4v) is 3.96. The van der Waals surface area contributed by atoms with Crippen LogP contribution in [0.4, 0.5) is 0 Å². The van der Waals surface area contributed by atoms with Gasteiger partial charge in [0, 0.05) is 51.3 Å². The molecule has 0 bridgehead atoms. The second-order valence-corrected chi connectivity index (χ2v) is 6.91. The normalized spacial score (nSPS) is 22.6. The van der Waals surface area contributed by atoms with E-state index in [1.807, 2.05) is 18.4 Å². The van der Waals surface area contributed by atoms with E-state index in [0.717, 1.165) is 51.7 Å². The van der Waals surface area contributed by atoms with Gasteiger partial charge in [-0.2, -0.15) is 0 Å². The zero-order valence-electron chi connectivity index (χ0n) is 13.3. The van der Waals surface area contributed by atoms with Gasteiger partial charge < -0.3 is 15.4 Å². The summed E-state index contributed by atoms with van der Waals surface area (Å²) in [5.74, 6) is 0.878. The minimum Gasteiger partial charge on any atom is -0.376 e. The quantitative estimate of drug-likeness (QED) is 0.636. The summed E-state index contributed by atoms with van der Waals surface area (Å²) in [5, 5.41) is 8.97. The Bertz CT molecular complexity index is 496. The van der Waals surface area contributed by atoms with E-state index in [-0.39, 0.29) is 0 Å². The van der Waals surface area contributed by atoms with Crippen LogP contribution in [0.3, 0.4) is 0 Å². The van der Waals surface area contributed by atoms with Gasteiger partial charge in [-0.25, -0.2) is 0 Å². The Kier molecular flexibility index (Phi) is 5.70. The van der Waals surface area contributed by atoms with E-state index in [1.54, 1.807) is 4.88 Å². The molecule has 22 heavy (non-hydrogen) atoms. The predicted molar refractivity (Wildman–Crippen MR) is 91.6 cm³/mol. The van der Waals surface area contributed by atoms with Gasteiger partial charge in [-0.05, 0) is 36.3 Å². The molecule has 0 radical (unpaired) electrons. The minimum absolute atomic E-state index is 0.345. The third-order valence-corrected chi connectivity index (χ3v) is 5.37. The zero-order valence-corrected chi connectivity index (χ0v) is 14.1. The largest absolute Gasteiger partial charge is 0.376 e. The van der Waals surface area contributed by atoms with Crippen LogP contribution in [-0.2, 0) is 17.7 Å². The van der Waals surface area contributed by atoms with Crippen molar-refractivity contribution in [2.45, 2.75) is 31.9 Å². The van der Waals surface area contributed by atoms with Crippen molar-refractivity contribution < 1.29 is 4.74 Å². The molecule has 0 saturated carbocycles. The molecule has 6 heteroatoms. The van der Waals surface area contributed by atoms with Crippen molar-refractivity contribution >= 4 is 17.3 Å². The molecule has 1 aromatic rings. The topological polar surface area (TPSA) is 48.9 Å². The molecule has 1 fully saturated rings. The Morgan fingerprint density at radius 1 is 1.50 bits per heavy atom. The van der Waals surface area contributed by atoms with Crippen molar-refractivity contribution in [1.29, 1.82) is 0 Å². The lowest BCUT2D eigenvalue weighted by Gasteiger charge is -2.27. The van der Waals surface area contributed by atoms with Crippen molar-refractivity contribution in [3.63, 3.8) is 0 Å². The molecule has 3 heterocycles. The van der Waals surface area contributed by atoms with E-state index in [0.29, 0.717) is 6.10 Å². The SMILES string of the molecule is CN=C(NCCN1CCc2sccc2C1)NCC1CCCO1. The maximum atomic E-state index is 5.62. The lowest BCUT2D eigenvalue weighted by Crippen LogP contribution is -2.44. The van der Waals surface area contributed by atoms with Crippen LogP contribution in [0.5, 0.6) is 0 Å². The molecule has 0 spiro atoms. The van der Waals surface area contributed by atoms with Gasteiger partial charge in [-0.3, -0.25) is 9.89 Å². The third-order valence-electron chi connectivity index (χ3n) is 4.35. The molecule has 3 rings (SSSR count). The van der Waals surface area contributed by atoms with Crippen LogP contribution in [0.25, 0.3) is 0 Å². The van der Waals surface area contributed by atoms with Crippen LogP contribution in [0, 0.1) is 0 Å². The Labute approximate surface area is 136 Å². The van der Waals surface area contributed by atoms with Crippen molar-refractivity contribution in [2.24, 2.45) is 4.99 Å². The maximum Gasteiger partial charge on any atom is 0.191 e. The number of ether oxygens (including phenoxy) is 1. The maximum absolute atomic E-state index is 5.62. The highest BCUT2D eigenvalue weighted by Gasteiger charge is 2.17. The molecular weight excluding hydrogens is 296 g/mol.